The van der Waals surface area contributed by atoms with E-state index in [1.54, 1.807) is 4.52 Å². The summed E-state index contributed by atoms with van der Waals surface area (Å²) in [6.07, 6.45) is 0. The van der Waals surface area contributed by atoms with E-state index in [1.807, 2.05) is 26.8 Å². The lowest BCUT2D eigenvalue weighted by molar-refractivity contribution is 0.870. The van der Waals surface area contributed by atoms with Gasteiger partial charge in [0.2, 0.25) is 0 Å². The van der Waals surface area contributed by atoms with Crippen LogP contribution in [-0.2, 0) is 0 Å². The first-order valence-corrected chi connectivity index (χ1v) is 4.37. The Kier molecular flexibility index (Phi) is 1.74. The van der Waals surface area contributed by atoms with Gasteiger partial charge in [0, 0.05) is 11.4 Å². The van der Waals surface area contributed by atoms with E-state index in [-0.39, 0.29) is 0 Å². The number of hydrogen-bond donors (Lipinski definition) is 0. The first-order chi connectivity index (χ1) is 6.63. The zero-order valence-electron chi connectivity index (χ0n) is 8.37. The van der Waals surface area contributed by atoms with Crippen LogP contribution in [0.1, 0.15) is 22.6 Å². The SMILES string of the molecule is Cc1cc(C)n2nc(C)c(C#N)c2n1. The summed E-state index contributed by atoms with van der Waals surface area (Å²) in [5.74, 6) is 0. The third kappa shape index (κ3) is 1.06. The smallest absolute Gasteiger partial charge is 0.173 e. The number of fused-ring (bicyclic) bond motifs is 1. The second-order valence-corrected chi connectivity index (χ2v) is 3.35. The molecule has 0 aliphatic rings. The largest absolute Gasteiger partial charge is 0.233 e. The monoisotopic (exact) mass is 186 g/mol. The van der Waals surface area contributed by atoms with Crippen LogP contribution in [-0.4, -0.2) is 14.6 Å². The predicted octanol–water partition coefficient (Wildman–Crippen LogP) is 1.53. The standard InChI is InChI=1S/C10H10N4/c1-6-4-7(2)14-10(12-6)9(5-11)8(3)13-14/h4H,1-3H3. The molecule has 0 N–H and O–H groups in total. The van der Waals surface area contributed by atoms with Crippen LogP contribution in [0.15, 0.2) is 6.07 Å². The summed E-state index contributed by atoms with van der Waals surface area (Å²) in [6, 6.07) is 4.07. The first kappa shape index (κ1) is 8.70. The molecule has 0 bridgehead atoms. The average molecular weight is 186 g/mol. The van der Waals surface area contributed by atoms with Crippen molar-refractivity contribution in [1.82, 2.24) is 14.6 Å². The van der Waals surface area contributed by atoms with Crippen LogP contribution in [0.25, 0.3) is 5.65 Å². The molecule has 0 aromatic carbocycles. The fourth-order valence-electron chi connectivity index (χ4n) is 1.56. The fraction of sp³-hybridized carbons (Fsp3) is 0.300. The van der Waals surface area contributed by atoms with Crippen molar-refractivity contribution in [2.75, 3.05) is 0 Å². The van der Waals surface area contributed by atoms with Gasteiger partial charge in [-0.15, -0.1) is 0 Å². The Bertz CT molecular complexity index is 545. The molecule has 0 aliphatic carbocycles. The first-order valence-electron chi connectivity index (χ1n) is 4.37. The molecular weight excluding hydrogens is 176 g/mol. The van der Waals surface area contributed by atoms with Gasteiger partial charge in [-0.05, 0) is 26.8 Å². The number of rotatable bonds is 0. The lowest BCUT2D eigenvalue weighted by atomic mass is 10.2. The Morgan fingerprint density at radius 2 is 2.07 bits per heavy atom. The Morgan fingerprint density at radius 1 is 1.36 bits per heavy atom. The fourth-order valence-corrected chi connectivity index (χ4v) is 1.56. The lowest BCUT2D eigenvalue weighted by Crippen LogP contribution is -1.97. The molecular formula is C10H10N4. The maximum Gasteiger partial charge on any atom is 0.173 e. The molecule has 0 fully saturated rings. The van der Waals surface area contributed by atoms with Gasteiger partial charge in [0.25, 0.3) is 0 Å². The Morgan fingerprint density at radius 3 is 2.71 bits per heavy atom. The van der Waals surface area contributed by atoms with E-state index in [0.29, 0.717) is 11.2 Å². The Hall–Kier alpha value is -1.89. The summed E-state index contributed by atoms with van der Waals surface area (Å²) in [4.78, 5) is 4.31. The molecule has 4 nitrogen and oxygen atoms in total. The Balaban J connectivity index is 2.97. The third-order valence-electron chi connectivity index (χ3n) is 2.18. The number of nitrogens with zero attached hydrogens (tertiary/aromatic N) is 4. The zero-order chi connectivity index (χ0) is 10.3. The predicted molar refractivity (Wildman–Crippen MR) is 51.9 cm³/mol. The van der Waals surface area contributed by atoms with E-state index in [0.717, 1.165) is 17.1 Å². The van der Waals surface area contributed by atoms with Crippen LogP contribution in [0.3, 0.4) is 0 Å². The van der Waals surface area contributed by atoms with Crippen LogP contribution in [0.5, 0.6) is 0 Å². The molecule has 0 saturated carbocycles. The second kappa shape index (κ2) is 2.81. The molecule has 0 aliphatic heterocycles. The normalized spacial score (nSPS) is 10.4. The number of hydrogen-bond acceptors (Lipinski definition) is 3. The summed E-state index contributed by atoms with van der Waals surface area (Å²) < 4.78 is 1.71. The van der Waals surface area contributed by atoms with Gasteiger partial charge in [0.1, 0.15) is 11.6 Å². The van der Waals surface area contributed by atoms with Gasteiger partial charge in [-0.25, -0.2) is 9.50 Å². The van der Waals surface area contributed by atoms with Gasteiger partial charge in [0.15, 0.2) is 5.65 Å². The molecule has 14 heavy (non-hydrogen) atoms. The minimum Gasteiger partial charge on any atom is -0.233 e. The van der Waals surface area contributed by atoms with E-state index in [4.69, 9.17) is 5.26 Å². The molecule has 0 atom stereocenters. The molecule has 70 valence electrons. The van der Waals surface area contributed by atoms with Gasteiger partial charge in [-0.2, -0.15) is 10.4 Å². The highest BCUT2D eigenvalue weighted by atomic mass is 15.3. The van der Waals surface area contributed by atoms with Crippen molar-refractivity contribution < 1.29 is 0 Å². The maximum atomic E-state index is 8.94. The summed E-state index contributed by atoms with van der Waals surface area (Å²) in [7, 11) is 0. The van der Waals surface area contributed by atoms with Crippen LogP contribution in [0.2, 0.25) is 0 Å². The van der Waals surface area contributed by atoms with Gasteiger partial charge in [0.05, 0.1) is 5.69 Å². The topological polar surface area (TPSA) is 54.0 Å². The third-order valence-corrected chi connectivity index (χ3v) is 2.18. The van der Waals surface area contributed by atoms with Crippen LogP contribution >= 0.6 is 0 Å². The van der Waals surface area contributed by atoms with Gasteiger partial charge >= 0.3 is 0 Å². The second-order valence-electron chi connectivity index (χ2n) is 3.35. The van der Waals surface area contributed by atoms with Crippen molar-refractivity contribution in [2.24, 2.45) is 0 Å². The van der Waals surface area contributed by atoms with Crippen LogP contribution in [0, 0.1) is 32.1 Å². The number of aryl methyl sites for hydroxylation is 3. The number of aromatic nitrogens is 3. The molecule has 2 aromatic heterocycles. The van der Waals surface area contributed by atoms with Gasteiger partial charge in [-0.3, -0.25) is 0 Å². The highest BCUT2D eigenvalue weighted by molar-refractivity contribution is 5.58. The van der Waals surface area contributed by atoms with Crippen molar-refractivity contribution in [3.05, 3.63) is 28.7 Å². The molecule has 0 radical (unpaired) electrons. The van der Waals surface area contributed by atoms with Gasteiger partial charge in [-0.1, -0.05) is 0 Å². The van der Waals surface area contributed by atoms with E-state index >= 15 is 0 Å². The van der Waals surface area contributed by atoms with E-state index in [9.17, 15) is 0 Å². The van der Waals surface area contributed by atoms with Crippen molar-refractivity contribution in [3.63, 3.8) is 0 Å². The van der Waals surface area contributed by atoms with Crippen molar-refractivity contribution in [2.45, 2.75) is 20.8 Å². The Labute approximate surface area is 81.8 Å². The number of nitriles is 1. The molecule has 0 amide bonds. The molecule has 2 aromatic rings. The van der Waals surface area contributed by atoms with Crippen molar-refractivity contribution in [1.29, 1.82) is 5.26 Å². The average Bonchev–Trinajstić information content (AvgIpc) is 2.41. The van der Waals surface area contributed by atoms with Crippen LogP contribution < -0.4 is 0 Å². The van der Waals surface area contributed by atoms with E-state index in [2.05, 4.69) is 16.2 Å². The molecule has 4 heteroatoms. The summed E-state index contributed by atoms with van der Waals surface area (Å²) in [5, 5.41) is 13.2. The van der Waals surface area contributed by atoms with Gasteiger partial charge < -0.3 is 0 Å². The van der Waals surface area contributed by atoms with E-state index < -0.39 is 0 Å². The molecule has 2 heterocycles. The minimum atomic E-state index is 0.566. The highest BCUT2D eigenvalue weighted by Crippen LogP contribution is 2.14. The quantitative estimate of drug-likeness (QED) is 0.626. The summed E-state index contributed by atoms with van der Waals surface area (Å²) in [5.41, 5.74) is 3.86. The molecule has 2 rings (SSSR count). The van der Waals surface area contributed by atoms with E-state index in [1.165, 1.54) is 0 Å². The van der Waals surface area contributed by atoms with Crippen LogP contribution in [0.4, 0.5) is 0 Å². The zero-order valence-corrected chi connectivity index (χ0v) is 8.37. The minimum absolute atomic E-state index is 0.566. The van der Waals surface area contributed by atoms with Crippen molar-refractivity contribution >= 4 is 5.65 Å². The van der Waals surface area contributed by atoms with Crippen molar-refractivity contribution in [3.8, 4) is 6.07 Å². The summed E-state index contributed by atoms with van der Waals surface area (Å²) in [6.45, 7) is 5.69. The maximum absolute atomic E-state index is 8.94. The molecule has 0 spiro atoms. The molecule has 0 saturated heterocycles. The summed E-state index contributed by atoms with van der Waals surface area (Å²) >= 11 is 0. The highest BCUT2D eigenvalue weighted by Gasteiger charge is 2.11. The molecule has 0 unspecified atom stereocenters. The lowest BCUT2D eigenvalue weighted by Gasteiger charge is -1.99.